The number of halogens is 1. The molecule has 1 aromatic carbocycles. The molecule has 0 bridgehead atoms. The van der Waals surface area contributed by atoms with Crippen LogP contribution in [-0.2, 0) is 5.54 Å². The topological polar surface area (TPSA) is 79.5 Å². The molecular weight excluding hydrogens is 276 g/mol. The Morgan fingerprint density at radius 3 is 2.80 bits per heavy atom. The highest BCUT2D eigenvalue weighted by atomic mass is 35.5. The van der Waals surface area contributed by atoms with Crippen LogP contribution < -0.4 is 16.5 Å². The normalized spacial score (nSPS) is 24.6. The van der Waals surface area contributed by atoms with E-state index >= 15 is 0 Å². The third-order valence-electron chi connectivity index (χ3n) is 3.77. The van der Waals surface area contributed by atoms with E-state index in [0.29, 0.717) is 5.02 Å². The van der Waals surface area contributed by atoms with Crippen LogP contribution in [0.3, 0.4) is 0 Å². The Kier molecular flexibility index (Phi) is 4.62. The highest BCUT2D eigenvalue weighted by molar-refractivity contribution is 6.31. The first-order valence-corrected chi connectivity index (χ1v) is 7.04. The standard InChI is InChI=1S/C14H19ClN4O/c1-17-14(10-6-2-3-7-11(10)15)9-5-4-8-12(14)18-19-13(16)20/h2-3,6-7,17H,4-5,8-9H2,1H3,(H3,16,19,20)/b18-12+. The minimum Gasteiger partial charge on any atom is -0.350 e. The van der Waals surface area contributed by atoms with Crippen molar-refractivity contribution in [2.75, 3.05) is 7.05 Å². The minimum atomic E-state index is -0.660. The molecule has 6 heteroatoms. The molecule has 4 N–H and O–H groups in total. The van der Waals surface area contributed by atoms with Crippen LogP contribution in [0.15, 0.2) is 29.4 Å². The van der Waals surface area contributed by atoms with Crippen LogP contribution in [0.2, 0.25) is 5.02 Å². The minimum absolute atomic E-state index is 0.445. The summed E-state index contributed by atoms with van der Waals surface area (Å²) in [5.74, 6) is 0. The van der Waals surface area contributed by atoms with Gasteiger partial charge in [0.15, 0.2) is 0 Å². The number of carbonyl (C=O) groups excluding carboxylic acids is 1. The van der Waals surface area contributed by atoms with Crippen LogP contribution in [0.1, 0.15) is 31.2 Å². The zero-order valence-electron chi connectivity index (χ0n) is 11.4. The second kappa shape index (κ2) is 6.24. The van der Waals surface area contributed by atoms with Crippen molar-refractivity contribution in [2.24, 2.45) is 10.8 Å². The van der Waals surface area contributed by atoms with Crippen molar-refractivity contribution in [1.82, 2.24) is 10.7 Å². The van der Waals surface area contributed by atoms with E-state index in [1.807, 2.05) is 31.3 Å². The lowest BCUT2D eigenvalue weighted by atomic mass is 9.75. The maximum atomic E-state index is 10.9. The Morgan fingerprint density at radius 1 is 1.40 bits per heavy atom. The number of amides is 2. The number of hydrogen-bond acceptors (Lipinski definition) is 3. The third-order valence-corrected chi connectivity index (χ3v) is 4.10. The molecule has 0 saturated heterocycles. The van der Waals surface area contributed by atoms with Crippen LogP contribution in [0.25, 0.3) is 0 Å². The fourth-order valence-corrected chi connectivity index (χ4v) is 3.11. The van der Waals surface area contributed by atoms with Gasteiger partial charge in [0.2, 0.25) is 0 Å². The largest absolute Gasteiger partial charge is 0.350 e. The molecule has 2 amide bonds. The van der Waals surface area contributed by atoms with E-state index in [4.69, 9.17) is 17.3 Å². The second-order valence-electron chi connectivity index (χ2n) is 4.88. The Balaban J connectivity index is 2.47. The predicted molar refractivity (Wildman–Crippen MR) is 80.8 cm³/mol. The molecule has 1 aliphatic rings. The smallest absolute Gasteiger partial charge is 0.332 e. The zero-order chi connectivity index (χ0) is 14.6. The molecular formula is C14H19ClN4O. The van der Waals surface area contributed by atoms with Gasteiger partial charge in [-0.15, -0.1) is 0 Å². The van der Waals surface area contributed by atoms with Gasteiger partial charge in [-0.05, 0) is 37.9 Å². The first-order chi connectivity index (χ1) is 9.60. The van der Waals surface area contributed by atoms with Crippen LogP contribution in [0, 0.1) is 0 Å². The van der Waals surface area contributed by atoms with E-state index in [2.05, 4.69) is 15.8 Å². The number of rotatable bonds is 3. The maximum absolute atomic E-state index is 10.9. The molecule has 0 heterocycles. The average molecular weight is 295 g/mol. The number of primary amides is 1. The van der Waals surface area contributed by atoms with Gasteiger partial charge in [-0.1, -0.05) is 36.2 Å². The summed E-state index contributed by atoms with van der Waals surface area (Å²) in [5, 5.41) is 8.23. The lowest BCUT2D eigenvalue weighted by molar-refractivity contribution is 0.249. The Morgan fingerprint density at radius 2 is 2.15 bits per heavy atom. The van der Waals surface area contributed by atoms with Gasteiger partial charge in [0.25, 0.3) is 0 Å². The fraction of sp³-hybridized carbons (Fsp3) is 0.429. The first-order valence-electron chi connectivity index (χ1n) is 6.66. The maximum Gasteiger partial charge on any atom is 0.332 e. The molecule has 1 saturated carbocycles. The van der Waals surface area contributed by atoms with Crippen LogP contribution in [0.4, 0.5) is 4.79 Å². The number of nitrogens with zero attached hydrogens (tertiary/aromatic N) is 1. The van der Waals surface area contributed by atoms with Crippen molar-refractivity contribution in [3.05, 3.63) is 34.9 Å². The lowest BCUT2D eigenvalue weighted by Crippen LogP contribution is -2.50. The summed E-state index contributed by atoms with van der Waals surface area (Å²) in [4.78, 5) is 10.9. The van der Waals surface area contributed by atoms with E-state index < -0.39 is 11.6 Å². The number of urea groups is 1. The molecule has 20 heavy (non-hydrogen) atoms. The quantitative estimate of drug-likeness (QED) is 0.748. The number of nitrogens with two attached hydrogens (primary N) is 1. The van der Waals surface area contributed by atoms with Crippen molar-refractivity contribution in [2.45, 2.75) is 31.2 Å². The summed E-state index contributed by atoms with van der Waals surface area (Å²) < 4.78 is 0. The van der Waals surface area contributed by atoms with Crippen molar-refractivity contribution in [3.63, 3.8) is 0 Å². The molecule has 0 radical (unpaired) electrons. The number of benzene rings is 1. The zero-order valence-corrected chi connectivity index (χ0v) is 12.2. The Hall–Kier alpha value is -1.59. The third kappa shape index (κ3) is 2.78. The van der Waals surface area contributed by atoms with Crippen LogP contribution in [0.5, 0.6) is 0 Å². The molecule has 0 spiro atoms. The molecule has 2 rings (SSSR count). The van der Waals surface area contributed by atoms with Crippen molar-refractivity contribution < 1.29 is 4.79 Å². The summed E-state index contributed by atoms with van der Waals surface area (Å²) >= 11 is 6.35. The Labute approximate surface area is 123 Å². The molecule has 1 aliphatic carbocycles. The Bertz CT molecular complexity index is 532. The van der Waals surface area contributed by atoms with Gasteiger partial charge in [0, 0.05) is 5.02 Å². The van der Waals surface area contributed by atoms with Gasteiger partial charge in [0.05, 0.1) is 11.3 Å². The van der Waals surface area contributed by atoms with Crippen molar-refractivity contribution in [3.8, 4) is 0 Å². The molecule has 0 aliphatic heterocycles. The first kappa shape index (κ1) is 14.8. The number of hydrogen-bond donors (Lipinski definition) is 3. The molecule has 1 atom stereocenters. The highest BCUT2D eigenvalue weighted by Gasteiger charge is 2.39. The van der Waals surface area contributed by atoms with Crippen LogP contribution >= 0.6 is 11.6 Å². The second-order valence-corrected chi connectivity index (χ2v) is 5.28. The molecule has 108 valence electrons. The molecule has 1 fully saturated rings. The summed E-state index contributed by atoms with van der Waals surface area (Å²) in [6.45, 7) is 0. The van der Waals surface area contributed by atoms with Gasteiger partial charge in [0.1, 0.15) is 0 Å². The summed E-state index contributed by atoms with van der Waals surface area (Å²) in [6, 6.07) is 7.05. The summed E-state index contributed by atoms with van der Waals surface area (Å²) in [5.41, 5.74) is 8.84. The van der Waals surface area contributed by atoms with E-state index in [1.54, 1.807) is 0 Å². The van der Waals surface area contributed by atoms with Crippen molar-refractivity contribution in [1.29, 1.82) is 0 Å². The summed E-state index contributed by atoms with van der Waals surface area (Å²) in [6.07, 6.45) is 3.79. The van der Waals surface area contributed by atoms with E-state index in [9.17, 15) is 4.79 Å². The number of carbonyl (C=O) groups is 1. The van der Waals surface area contributed by atoms with E-state index in [1.165, 1.54) is 0 Å². The molecule has 1 aromatic rings. The fourth-order valence-electron chi connectivity index (χ4n) is 2.82. The molecule has 1 unspecified atom stereocenters. The lowest BCUT2D eigenvalue weighted by Gasteiger charge is -2.39. The number of hydrazone groups is 1. The van der Waals surface area contributed by atoms with E-state index in [-0.39, 0.29) is 0 Å². The van der Waals surface area contributed by atoms with Gasteiger partial charge in [-0.2, -0.15) is 5.10 Å². The van der Waals surface area contributed by atoms with Gasteiger partial charge < -0.3 is 11.1 Å². The predicted octanol–water partition coefficient (Wildman–Crippen LogP) is 2.35. The number of nitrogens with one attached hydrogen (secondary N) is 2. The SMILES string of the molecule is CNC1(c2ccccc2Cl)CCCC/C1=N\NC(N)=O. The molecule has 5 nitrogen and oxygen atoms in total. The molecule has 0 aromatic heterocycles. The summed E-state index contributed by atoms with van der Waals surface area (Å²) in [7, 11) is 1.88. The van der Waals surface area contributed by atoms with Gasteiger partial charge in [-0.3, -0.25) is 0 Å². The monoisotopic (exact) mass is 294 g/mol. The van der Waals surface area contributed by atoms with Gasteiger partial charge >= 0.3 is 6.03 Å². The van der Waals surface area contributed by atoms with Crippen molar-refractivity contribution >= 4 is 23.3 Å². The van der Waals surface area contributed by atoms with E-state index in [0.717, 1.165) is 37.0 Å². The van der Waals surface area contributed by atoms with Gasteiger partial charge in [-0.25, -0.2) is 10.2 Å². The average Bonchev–Trinajstić information content (AvgIpc) is 2.46. The highest BCUT2D eigenvalue weighted by Crippen LogP contribution is 2.38. The van der Waals surface area contributed by atoms with Crippen LogP contribution in [-0.4, -0.2) is 18.8 Å².